The molecule has 0 saturated carbocycles. The first kappa shape index (κ1) is 18.0. The Morgan fingerprint density at radius 1 is 1.30 bits per heavy atom. The minimum Gasteiger partial charge on any atom is -0.313 e. The Kier molecular flexibility index (Phi) is 8.15. The fourth-order valence-corrected chi connectivity index (χ4v) is 3.95. The standard InChI is InChI=1S/C16H30N2S2/c1-6-8-17-13(11-19-9-7-2)10-15-18-14(12-20-15)16(3,4)5/h12-13,17H,6-11H2,1-5H3. The molecule has 1 rings (SSSR count). The number of nitrogens with one attached hydrogen (secondary N) is 1. The van der Waals surface area contributed by atoms with E-state index in [1.165, 1.54) is 35.0 Å². The van der Waals surface area contributed by atoms with Gasteiger partial charge in [0, 0.05) is 29.0 Å². The van der Waals surface area contributed by atoms with Crippen LogP contribution in [0.2, 0.25) is 0 Å². The summed E-state index contributed by atoms with van der Waals surface area (Å²) in [7, 11) is 0. The highest BCUT2D eigenvalue weighted by molar-refractivity contribution is 7.99. The molecule has 0 amide bonds. The van der Waals surface area contributed by atoms with Crippen LogP contribution in [0.4, 0.5) is 0 Å². The monoisotopic (exact) mass is 314 g/mol. The summed E-state index contributed by atoms with van der Waals surface area (Å²) < 4.78 is 0. The Bertz CT molecular complexity index is 369. The molecule has 0 saturated heterocycles. The molecular weight excluding hydrogens is 284 g/mol. The Morgan fingerprint density at radius 2 is 2.05 bits per heavy atom. The van der Waals surface area contributed by atoms with Crippen molar-refractivity contribution in [2.24, 2.45) is 0 Å². The molecule has 1 atom stereocenters. The summed E-state index contributed by atoms with van der Waals surface area (Å²) in [5, 5.41) is 7.18. The number of nitrogens with zero attached hydrogens (tertiary/aromatic N) is 1. The van der Waals surface area contributed by atoms with Gasteiger partial charge in [0.15, 0.2) is 0 Å². The molecule has 0 spiro atoms. The normalized spacial score (nSPS) is 13.7. The van der Waals surface area contributed by atoms with Gasteiger partial charge in [-0.1, -0.05) is 34.6 Å². The first-order valence-electron chi connectivity index (χ1n) is 7.73. The molecule has 116 valence electrons. The van der Waals surface area contributed by atoms with Crippen molar-refractivity contribution in [3.8, 4) is 0 Å². The van der Waals surface area contributed by atoms with Crippen molar-refractivity contribution in [2.45, 2.75) is 65.3 Å². The molecule has 1 N–H and O–H groups in total. The van der Waals surface area contributed by atoms with E-state index in [9.17, 15) is 0 Å². The Balaban J connectivity index is 2.56. The lowest BCUT2D eigenvalue weighted by Gasteiger charge is -2.17. The molecular formula is C16H30N2S2. The third kappa shape index (κ3) is 6.59. The smallest absolute Gasteiger partial charge is 0.0944 e. The molecule has 4 heteroatoms. The van der Waals surface area contributed by atoms with E-state index in [2.05, 4.69) is 57.1 Å². The summed E-state index contributed by atoms with van der Waals surface area (Å²) in [5.41, 5.74) is 1.39. The van der Waals surface area contributed by atoms with E-state index < -0.39 is 0 Å². The fourth-order valence-electron chi connectivity index (χ4n) is 1.87. The number of thiazole rings is 1. The molecule has 1 unspecified atom stereocenters. The van der Waals surface area contributed by atoms with Gasteiger partial charge in [0.2, 0.25) is 0 Å². The lowest BCUT2D eigenvalue weighted by Crippen LogP contribution is -2.34. The van der Waals surface area contributed by atoms with Gasteiger partial charge in [0.25, 0.3) is 0 Å². The van der Waals surface area contributed by atoms with Crippen LogP contribution >= 0.6 is 23.1 Å². The first-order chi connectivity index (χ1) is 9.47. The predicted molar refractivity (Wildman–Crippen MR) is 94.2 cm³/mol. The van der Waals surface area contributed by atoms with Gasteiger partial charge in [-0.2, -0.15) is 11.8 Å². The van der Waals surface area contributed by atoms with Gasteiger partial charge in [0.1, 0.15) is 0 Å². The summed E-state index contributed by atoms with van der Waals surface area (Å²) in [6.45, 7) is 12.3. The fraction of sp³-hybridized carbons (Fsp3) is 0.812. The molecule has 20 heavy (non-hydrogen) atoms. The zero-order valence-electron chi connectivity index (χ0n) is 13.7. The van der Waals surface area contributed by atoms with Crippen LogP contribution < -0.4 is 5.32 Å². The number of rotatable bonds is 9. The predicted octanol–water partition coefficient (Wildman–Crippen LogP) is 4.49. The van der Waals surface area contributed by atoms with E-state index in [4.69, 9.17) is 4.98 Å². The summed E-state index contributed by atoms with van der Waals surface area (Å²) in [6, 6.07) is 0.561. The van der Waals surface area contributed by atoms with Crippen molar-refractivity contribution >= 4 is 23.1 Å². The minimum atomic E-state index is 0.165. The van der Waals surface area contributed by atoms with Crippen LogP contribution in [0.15, 0.2) is 5.38 Å². The minimum absolute atomic E-state index is 0.165. The number of hydrogen-bond acceptors (Lipinski definition) is 4. The van der Waals surface area contributed by atoms with Gasteiger partial charge in [-0.3, -0.25) is 0 Å². The van der Waals surface area contributed by atoms with Crippen LogP contribution in [0.3, 0.4) is 0 Å². The second kappa shape index (κ2) is 9.06. The summed E-state index contributed by atoms with van der Waals surface area (Å²) in [4.78, 5) is 4.83. The van der Waals surface area contributed by atoms with E-state index in [-0.39, 0.29) is 5.41 Å². The molecule has 2 nitrogen and oxygen atoms in total. The van der Waals surface area contributed by atoms with Crippen LogP contribution in [0, 0.1) is 0 Å². The van der Waals surface area contributed by atoms with Gasteiger partial charge in [-0.05, 0) is 25.1 Å². The molecule has 0 aliphatic rings. The highest BCUT2D eigenvalue weighted by Crippen LogP contribution is 2.24. The van der Waals surface area contributed by atoms with E-state index in [1.54, 1.807) is 0 Å². The second-order valence-corrected chi connectivity index (χ2v) is 8.40. The van der Waals surface area contributed by atoms with Crippen molar-refractivity contribution in [1.82, 2.24) is 10.3 Å². The molecule has 0 aliphatic carbocycles. The van der Waals surface area contributed by atoms with Crippen LogP contribution in [0.5, 0.6) is 0 Å². The topological polar surface area (TPSA) is 24.9 Å². The molecule has 0 fully saturated rings. The molecule has 1 aromatic rings. The van der Waals surface area contributed by atoms with Crippen molar-refractivity contribution in [2.75, 3.05) is 18.1 Å². The molecule has 0 aromatic carbocycles. The van der Waals surface area contributed by atoms with Gasteiger partial charge in [-0.15, -0.1) is 11.3 Å². The zero-order chi connectivity index (χ0) is 15.0. The Labute approximate surface area is 133 Å². The summed E-state index contributed by atoms with van der Waals surface area (Å²) in [6.07, 6.45) is 3.52. The molecule has 0 radical (unpaired) electrons. The molecule has 0 aliphatic heterocycles. The lowest BCUT2D eigenvalue weighted by molar-refractivity contribution is 0.541. The van der Waals surface area contributed by atoms with Gasteiger partial charge in [-0.25, -0.2) is 4.98 Å². The average molecular weight is 315 g/mol. The molecule has 0 bridgehead atoms. The van der Waals surface area contributed by atoms with Crippen LogP contribution in [-0.4, -0.2) is 29.1 Å². The van der Waals surface area contributed by atoms with E-state index >= 15 is 0 Å². The van der Waals surface area contributed by atoms with Crippen molar-refractivity contribution in [1.29, 1.82) is 0 Å². The third-order valence-electron chi connectivity index (χ3n) is 3.09. The third-order valence-corrected chi connectivity index (χ3v) is 5.30. The van der Waals surface area contributed by atoms with Gasteiger partial charge < -0.3 is 5.32 Å². The van der Waals surface area contributed by atoms with Crippen LogP contribution in [0.1, 0.15) is 58.2 Å². The van der Waals surface area contributed by atoms with Crippen LogP contribution in [0.25, 0.3) is 0 Å². The SMILES string of the molecule is CCCNC(CSCCC)Cc1nc(C(C)(C)C)cs1. The maximum absolute atomic E-state index is 4.83. The number of thioether (sulfide) groups is 1. The largest absolute Gasteiger partial charge is 0.313 e. The average Bonchev–Trinajstić information content (AvgIpc) is 2.84. The first-order valence-corrected chi connectivity index (χ1v) is 9.76. The summed E-state index contributed by atoms with van der Waals surface area (Å²) >= 11 is 3.87. The van der Waals surface area contributed by atoms with Crippen molar-refractivity contribution < 1.29 is 0 Å². The maximum Gasteiger partial charge on any atom is 0.0944 e. The maximum atomic E-state index is 4.83. The number of aromatic nitrogens is 1. The van der Waals surface area contributed by atoms with E-state index in [0.29, 0.717) is 6.04 Å². The highest BCUT2D eigenvalue weighted by atomic mass is 32.2. The van der Waals surface area contributed by atoms with Crippen LogP contribution in [-0.2, 0) is 11.8 Å². The van der Waals surface area contributed by atoms with Crippen molar-refractivity contribution in [3.05, 3.63) is 16.1 Å². The van der Waals surface area contributed by atoms with E-state index in [0.717, 1.165) is 13.0 Å². The molecule has 1 heterocycles. The molecule has 1 aromatic heterocycles. The highest BCUT2D eigenvalue weighted by Gasteiger charge is 2.18. The van der Waals surface area contributed by atoms with Gasteiger partial charge >= 0.3 is 0 Å². The van der Waals surface area contributed by atoms with Crippen molar-refractivity contribution in [3.63, 3.8) is 0 Å². The lowest BCUT2D eigenvalue weighted by atomic mass is 9.93. The summed E-state index contributed by atoms with van der Waals surface area (Å²) in [5.74, 6) is 2.45. The zero-order valence-corrected chi connectivity index (χ0v) is 15.3. The Morgan fingerprint density at radius 3 is 2.60 bits per heavy atom. The Hall–Kier alpha value is -0.0600. The van der Waals surface area contributed by atoms with Gasteiger partial charge in [0.05, 0.1) is 10.7 Å². The van der Waals surface area contributed by atoms with E-state index in [1.807, 2.05) is 11.3 Å². The number of hydrogen-bond donors (Lipinski definition) is 1. The second-order valence-electron chi connectivity index (χ2n) is 6.31. The quantitative estimate of drug-likeness (QED) is 0.680.